The Bertz CT molecular complexity index is 308. The average Bonchev–Trinajstić information content (AvgIpc) is 2.19. The first kappa shape index (κ1) is 10.9. The van der Waals surface area contributed by atoms with Crippen LogP contribution in [0, 0.1) is 13.8 Å². The average molecular weight is 196 g/mol. The van der Waals surface area contributed by atoms with E-state index < -0.39 is 0 Å². The highest BCUT2D eigenvalue weighted by Crippen LogP contribution is 2.33. The van der Waals surface area contributed by atoms with Gasteiger partial charge in [0.15, 0.2) is 18.3 Å². The Morgan fingerprint density at radius 3 is 2.07 bits per heavy atom. The van der Waals surface area contributed by atoms with E-state index in [1.807, 2.05) is 26.0 Å². The summed E-state index contributed by atoms with van der Waals surface area (Å²) in [6.07, 6.45) is 0. The van der Waals surface area contributed by atoms with Gasteiger partial charge in [-0.15, -0.1) is 0 Å². The zero-order valence-electron chi connectivity index (χ0n) is 9.09. The van der Waals surface area contributed by atoms with Crippen LogP contribution in [0.4, 0.5) is 0 Å². The van der Waals surface area contributed by atoms with Crippen molar-refractivity contribution in [1.29, 1.82) is 0 Å². The first-order valence-electron chi connectivity index (χ1n) is 4.46. The third-order valence-electron chi connectivity index (χ3n) is 2.03. The Hall–Kier alpha value is -1.22. The Balaban J connectivity index is 3.03. The fraction of sp³-hybridized carbons (Fsp3) is 0.455. The molecule has 14 heavy (non-hydrogen) atoms. The minimum absolute atomic E-state index is 0.237. The van der Waals surface area contributed by atoms with Gasteiger partial charge in [-0.1, -0.05) is 12.1 Å². The number of rotatable bonds is 4. The number of hydrogen-bond donors (Lipinski definition) is 0. The predicted molar refractivity (Wildman–Crippen MR) is 55.0 cm³/mol. The molecule has 0 saturated carbocycles. The maximum Gasteiger partial charge on any atom is 0.188 e. The van der Waals surface area contributed by atoms with E-state index in [9.17, 15) is 0 Å². The molecule has 78 valence electrons. The topological polar surface area (TPSA) is 27.7 Å². The van der Waals surface area contributed by atoms with Gasteiger partial charge in [0.25, 0.3) is 0 Å². The summed E-state index contributed by atoms with van der Waals surface area (Å²) < 4.78 is 15.6. The molecule has 0 fully saturated rings. The second-order valence-electron chi connectivity index (χ2n) is 3.11. The van der Waals surface area contributed by atoms with Crippen molar-refractivity contribution in [3.63, 3.8) is 0 Å². The molecular weight excluding hydrogens is 180 g/mol. The van der Waals surface area contributed by atoms with Crippen LogP contribution >= 0.6 is 0 Å². The Labute approximate surface area is 84.6 Å². The summed E-state index contributed by atoms with van der Waals surface area (Å²) in [5.74, 6) is 1.54. The minimum atomic E-state index is 0.237. The highest BCUT2D eigenvalue weighted by molar-refractivity contribution is 5.50. The molecule has 0 radical (unpaired) electrons. The monoisotopic (exact) mass is 196 g/mol. The number of benzene rings is 1. The van der Waals surface area contributed by atoms with E-state index in [-0.39, 0.29) is 6.79 Å². The van der Waals surface area contributed by atoms with Crippen LogP contribution < -0.4 is 9.47 Å². The second kappa shape index (κ2) is 4.86. The summed E-state index contributed by atoms with van der Waals surface area (Å²) in [5, 5.41) is 0. The number of methoxy groups -OCH3 is 2. The lowest BCUT2D eigenvalue weighted by atomic mass is 10.1. The van der Waals surface area contributed by atoms with Crippen LogP contribution in [-0.2, 0) is 4.74 Å². The fourth-order valence-electron chi connectivity index (χ4n) is 1.31. The van der Waals surface area contributed by atoms with Crippen molar-refractivity contribution in [2.75, 3.05) is 21.0 Å². The van der Waals surface area contributed by atoms with Crippen molar-refractivity contribution in [1.82, 2.24) is 0 Å². The molecule has 3 nitrogen and oxygen atoms in total. The van der Waals surface area contributed by atoms with E-state index in [1.165, 1.54) is 0 Å². The molecule has 0 unspecified atom stereocenters. The van der Waals surface area contributed by atoms with E-state index in [1.54, 1.807) is 14.2 Å². The molecular formula is C11H16O3. The van der Waals surface area contributed by atoms with Gasteiger partial charge < -0.3 is 14.2 Å². The normalized spacial score (nSPS) is 10.0. The number of aryl methyl sites for hydroxylation is 2. The molecule has 0 aromatic heterocycles. The summed E-state index contributed by atoms with van der Waals surface area (Å²) in [5.41, 5.74) is 2.11. The molecule has 0 N–H and O–H groups in total. The SMILES string of the molecule is COCOc1c(C)ccc(C)c1OC. The third-order valence-corrected chi connectivity index (χ3v) is 2.03. The van der Waals surface area contributed by atoms with Crippen LogP contribution in [0.1, 0.15) is 11.1 Å². The van der Waals surface area contributed by atoms with Crippen LogP contribution in [0.15, 0.2) is 12.1 Å². The smallest absolute Gasteiger partial charge is 0.188 e. The Morgan fingerprint density at radius 1 is 1.00 bits per heavy atom. The zero-order chi connectivity index (χ0) is 10.6. The molecule has 0 atom stereocenters. The predicted octanol–water partition coefficient (Wildman–Crippen LogP) is 2.29. The number of ether oxygens (including phenoxy) is 3. The van der Waals surface area contributed by atoms with Gasteiger partial charge in [0, 0.05) is 7.11 Å². The van der Waals surface area contributed by atoms with E-state index in [0.29, 0.717) is 0 Å². The maximum atomic E-state index is 5.44. The highest BCUT2D eigenvalue weighted by Gasteiger charge is 2.10. The molecule has 0 spiro atoms. The van der Waals surface area contributed by atoms with Crippen LogP contribution in [0.3, 0.4) is 0 Å². The molecule has 0 aliphatic rings. The Kier molecular flexibility index (Phi) is 3.77. The summed E-state index contributed by atoms with van der Waals surface area (Å²) in [6.45, 7) is 4.20. The van der Waals surface area contributed by atoms with Crippen LogP contribution in [-0.4, -0.2) is 21.0 Å². The van der Waals surface area contributed by atoms with Gasteiger partial charge in [-0.3, -0.25) is 0 Å². The minimum Gasteiger partial charge on any atom is -0.493 e. The van der Waals surface area contributed by atoms with E-state index >= 15 is 0 Å². The van der Waals surface area contributed by atoms with Crippen molar-refractivity contribution >= 4 is 0 Å². The van der Waals surface area contributed by atoms with Crippen molar-refractivity contribution in [2.24, 2.45) is 0 Å². The Morgan fingerprint density at radius 2 is 1.57 bits per heavy atom. The summed E-state index contributed by atoms with van der Waals surface area (Å²) in [4.78, 5) is 0. The lowest BCUT2D eigenvalue weighted by molar-refractivity contribution is 0.0486. The lowest BCUT2D eigenvalue weighted by Gasteiger charge is -2.14. The molecule has 0 bridgehead atoms. The van der Waals surface area contributed by atoms with Crippen molar-refractivity contribution in [2.45, 2.75) is 13.8 Å². The molecule has 0 aliphatic heterocycles. The molecule has 1 rings (SSSR count). The van der Waals surface area contributed by atoms with Crippen molar-refractivity contribution < 1.29 is 14.2 Å². The van der Waals surface area contributed by atoms with Gasteiger partial charge in [-0.05, 0) is 25.0 Å². The van der Waals surface area contributed by atoms with Crippen LogP contribution in [0.2, 0.25) is 0 Å². The van der Waals surface area contributed by atoms with Gasteiger partial charge in [0.05, 0.1) is 7.11 Å². The van der Waals surface area contributed by atoms with Crippen LogP contribution in [0.25, 0.3) is 0 Å². The van der Waals surface area contributed by atoms with E-state index in [0.717, 1.165) is 22.6 Å². The second-order valence-corrected chi connectivity index (χ2v) is 3.11. The van der Waals surface area contributed by atoms with Crippen molar-refractivity contribution in [3.05, 3.63) is 23.3 Å². The lowest BCUT2D eigenvalue weighted by Crippen LogP contribution is -2.03. The molecule has 1 aromatic rings. The quantitative estimate of drug-likeness (QED) is 0.691. The fourth-order valence-corrected chi connectivity index (χ4v) is 1.31. The van der Waals surface area contributed by atoms with Gasteiger partial charge >= 0.3 is 0 Å². The van der Waals surface area contributed by atoms with Crippen LogP contribution in [0.5, 0.6) is 11.5 Å². The molecule has 0 aliphatic carbocycles. The molecule has 0 saturated heterocycles. The third kappa shape index (κ3) is 2.17. The molecule has 3 heteroatoms. The first-order chi connectivity index (χ1) is 6.70. The molecule has 0 amide bonds. The summed E-state index contributed by atoms with van der Waals surface area (Å²) >= 11 is 0. The van der Waals surface area contributed by atoms with Gasteiger partial charge in [0.2, 0.25) is 0 Å². The first-order valence-corrected chi connectivity index (χ1v) is 4.46. The molecule has 0 heterocycles. The maximum absolute atomic E-state index is 5.44. The van der Waals surface area contributed by atoms with E-state index in [2.05, 4.69) is 0 Å². The number of hydrogen-bond acceptors (Lipinski definition) is 3. The van der Waals surface area contributed by atoms with Crippen molar-refractivity contribution in [3.8, 4) is 11.5 Å². The zero-order valence-corrected chi connectivity index (χ0v) is 9.09. The summed E-state index contributed by atoms with van der Waals surface area (Å²) in [6, 6.07) is 4.01. The van der Waals surface area contributed by atoms with Gasteiger partial charge in [-0.2, -0.15) is 0 Å². The van der Waals surface area contributed by atoms with E-state index in [4.69, 9.17) is 14.2 Å². The standard InChI is InChI=1S/C11H16O3/c1-8-5-6-9(2)11(10(8)13-4)14-7-12-3/h5-6H,7H2,1-4H3. The molecule has 1 aromatic carbocycles. The highest BCUT2D eigenvalue weighted by atomic mass is 16.7. The largest absolute Gasteiger partial charge is 0.493 e. The van der Waals surface area contributed by atoms with Gasteiger partial charge in [-0.25, -0.2) is 0 Å². The summed E-state index contributed by atoms with van der Waals surface area (Å²) in [7, 11) is 3.24. The van der Waals surface area contributed by atoms with Gasteiger partial charge in [0.1, 0.15) is 0 Å².